The topological polar surface area (TPSA) is 126 Å². The molecule has 0 spiro atoms. The van der Waals surface area contributed by atoms with Crippen LogP contribution in [0, 0.1) is 0 Å². The smallest absolute Gasteiger partial charge is 0.366 e. The Bertz CT molecular complexity index is 1210. The minimum absolute atomic E-state index is 0.0174. The predicted molar refractivity (Wildman–Crippen MR) is 100 cm³/mol. The van der Waals surface area contributed by atoms with Gasteiger partial charge < -0.3 is 11.5 Å². The molecule has 0 bridgehead atoms. The number of benzene rings is 1. The van der Waals surface area contributed by atoms with Crippen LogP contribution in [0.4, 0.5) is 13.2 Å². The van der Waals surface area contributed by atoms with E-state index in [4.69, 9.17) is 11.5 Å². The van der Waals surface area contributed by atoms with Gasteiger partial charge in [-0.05, 0) is 29.3 Å². The molecular weight excluding hydrogens is 403 g/mol. The number of amides is 2. The van der Waals surface area contributed by atoms with Crippen molar-refractivity contribution in [3.8, 4) is 5.69 Å². The van der Waals surface area contributed by atoms with E-state index in [0.29, 0.717) is 5.56 Å². The molecule has 2 aromatic heterocycles. The highest BCUT2D eigenvalue weighted by molar-refractivity contribution is 6.00. The molecule has 0 unspecified atom stereocenters. The molecule has 2 amide bonds. The number of hydrogen-bond acceptors (Lipinski definition) is 4. The number of primary amides is 2. The molecule has 0 aliphatic heterocycles. The number of hydrogen-bond donors (Lipinski definition) is 2. The van der Waals surface area contributed by atoms with Gasteiger partial charge in [0.1, 0.15) is 5.56 Å². The Morgan fingerprint density at radius 2 is 1.83 bits per heavy atom. The summed E-state index contributed by atoms with van der Waals surface area (Å²) in [6, 6.07) is 3.88. The van der Waals surface area contributed by atoms with Gasteiger partial charge >= 0.3 is 6.18 Å². The van der Waals surface area contributed by atoms with Crippen molar-refractivity contribution >= 4 is 11.8 Å². The fraction of sp³-hybridized carbons (Fsp3) is 0.158. The van der Waals surface area contributed by atoms with Crippen LogP contribution in [0.2, 0.25) is 0 Å². The molecule has 156 valence electrons. The van der Waals surface area contributed by atoms with Crippen LogP contribution < -0.4 is 17.0 Å². The van der Waals surface area contributed by atoms with Gasteiger partial charge in [-0.3, -0.25) is 23.6 Å². The number of alkyl halides is 3. The number of aromatic nitrogens is 3. The van der Waals surface area contributed by atoms with Crippen molar-refractivity contribution in [3.05, 3.63) is 81.0 Å². The first-order valence-corrected chi connectivity index (χ1v) is 8.52. The molecule has 0 fully saturated rings. The Labute approximate surface area is 167 Å². The van der Waals surface area contributed by atoms with Crippen LogP contribution in [0.25, 0.3) is 5.69 Å². The largest absolute Gasteiger partial charge is 0.416 e. The number of aryl methyl sites for hydroxylation is 1. The Morgan fingerprint density at radius 1 is 1.13 bits per heavy atom. The van der Waals surface area contributed by atoms with Crippen LogP contribution in [0.3, 0.4) is 0 Å². The molecule has 0 aliphatic carbocycles. The summed E-state index contributed by atoms with van der Waals surface area (Å²) in [6.45, 7) is 0. The number of halogens is 3. The summed E-state index contributed by atoms with van der Waals surface area (Å²) in [4.78, 5) is 37.1. The second kappa shape index (κ2) is 7.50. The summed E-state index contributed by atoms with van der Waals surface area (Å²) in [5, 5.41) is 3.98. The Balaban J connectivity index is 2.28. The third kappa shape index (κ3) is 3.95. The van der Waals surface area contributed by atoms with Gasteiger partial charge in [0.15, 0.2) is 0 Å². The Hall–Kier alpha value is -3.89. The van der Waals surface area contributed by atoms with Crippen molar-refractivity contribution in [1.29, 1.82) is 0 Å². The van der Waals surface area contributed by atoms with Gasteiger partial charge in [-0.2, -0.15) is 18.3 Å². The molecule has 0 atom stereocenters. The number of rotatable bonds is 5. The van der Waals surface area contributed by atoms with Crippen LogP contribution in [0.15, 0.2) is 47.7 Å². The van der Waals surface area contributed by atoms with E-state index in [0.717, 1.165) is 29.0 Å². The standard InChI is InChI=1S/C19H16F3N5O3/c1-26-8-10(7-25-26)5-13-14(16(23)28)9-27(18(30)15(13)17(24)29)12-4-2-3-11(6-12)19(20,21)22/h2-4,6-9H,5H2,1H3,(H2,23,28)(H2,24,29). The normalized spacial score (nSPS) is 11.5. The van der Waals surface area contributed by atoms with Crippen molar-refractivity contribution in [2.24, 2.45) is 18.5 Å². The van der Waals surface area contributed by atoms with Gasteiger partial charge in [0.05, 0.1) is 17.3 Å². The molecule has 0 saturated heterocycles. The molecule has 3 aromatic rings. The molecule has 0 aliphatic rings. The maximum atomic E-state index is 13.1. The second-order valence-corrected chi connectivity index (χ2v) is 6.55. The van der Waals surface area contributed by atoms with Crippen LogP contribution in [-0.2, 0) is 19.6 Å². The van der Waals surface area contributed by atoms with E-state index in [2.05, 4.69) is 5.10 Å². The second-order valence-electron chi connectivity index (χ2n) is 6.55. The summed E-state index contributed by atoms with van der Waals surface area (Å²) in [5.41, 5.74) is 8.44. The van der Waals surface area contributed by atoms with Crippen molar-refractivity contribution < 1.29 is 22.8 Å². The SMILES string of the molecule is Cn1cc(Cc2c(C(N)=O)cn(-c3cccc(C(F)(F)F)c3)c(=O)c2C(N)=O)cn1. The van der Waals surface area contributed by atoms with Gasteiger partial charge in [-0.15, -0.1) is 0 Å². The maximum absolute atomic E-state index is 13.1. The van der Waals surface area contributed by atoms with Gasteiger partial charge in [-0.1, -0.05) is 6.07 Å². The fourth-order valence-corrected chi connectivity index (χ4v) is 3.09. The van der Waals surface area contributed by atoms with E-state index in [1.807, 2.05) is 0 Å². The predicted octanol–water partition coefficient (Wildman–Crippen LogP) is 1.38. The van der Waals surface area contributed by atoms with E-state index < -0.39 is 34.7 Å². The van der Waals surface area contributed by atoms with Crippen molar-refractivity contribution in [3.63, 3.8) is 0 Å². The third-order valence-corrected chi connectivity index (χ3v) is 4.42. The van der Waals surface area contributed by atoms with Gasteiger partial charge in [-0.25, -0.2) is 0 Å². The van der Waals surface area contributed by atoms with E-state index >= 15 is 0 Å². The number of carbonyl (C=O) groups is 2. The summed E-state index contributed by atoms with van der Waals surface area (Å²) in [6.07, 6.45) is -0.623. The van der Waals surface area contributed by atoms with Crippen molar-refractivity contribution in [2.75, 3.05) is 0 Å². The fourth-order valence-electron chi connectivity index (χ4n) is 3.09. The quantitative estimate of drug-likeness (QED) is 0.648. The first kappa shape index (κ1) is 20.8. The van der Waals surface area contributed by atoms with Gasteiger partial charge in [0.25, 0.3) is 17.4 Å². The zero-order valence-electron chi connectivity index (χ0n) is 15.6. The minimum Gasteiger partial charge on any atom is -0.366 e. The molecule has 2 heterocycles. The van der Waals surface area contributed by atoms with E-state index in [-0.39, 0.29) is 23.2 Å². The lowest BCUT2D eigenvalue weighted by Gasteiger charge is -2.16. The first-order valence-electron chi connectivity index (χ1n) is 8.52. The Kier molecular flexibility index (Phi) is 5.21. The summed E-state index contributed by atoms with van der Waals surface area (Å²) >= 11 is 0. The average molecular weight is 419 g/mol. The minimum atomic E-state index is -4.65. The lowest BCUT2D eigenvalue weighted by atomic mass is 9.97. The van der Waals surface area contributed by atoms with Gasteiger partial charge in [0, 0.05) is 31.5 Å². The molecule has 11 heteroatoms. The monoisotopic (exact) mass is 419 g/mol. The lowest BCUT2D eigenvalue weighted by Crippen LogP contribution is -2.33. The highest BCUT2D eigenvalue weighted by Crippen LogP contribution is 2.30. The van der Waals surface area contributed by atoms with Crippen LogP contribution in [0.5, 0.6) is 0 Å². The number of nitrogens with two attached hydrogens (primary N) is 2. The van der Waals surface area contributed by atoms with Crippen LogP contribution in [-0.4, -0.2) is 26.2 Å². The lowest BCUT2D eigenvalue weighted by molar-refractivity contribution is -0.137. The van der Waals surface area contributed by atoms with E-state index in [9.17, 15) is 27.6 Å². The summed E-state index contributed by atoms with van der Waals surface area (Å²) in [5.74, 6) is -2.11. The molecule has 0 saturated carbocycles. The van der Waals surface area contributed by atoms with E-state index in [1.165, 1.54) is 16.9 Å². The van der Waals surface area contributed by atoms with Crippen molar-refractivity contribution in [1.82, 2.24) is 14.3 Å². The average Bonchev–Trinajstić information content (AvgIpc) is 3.05. The number of carbonyl (C=O) groups excluding carboxylic acids is 2. The molecule has 4 N–H and O–H groups in total. The maximum Gasteiger partial charge on any atom is 0.416 e. The summed E-state index contributed by atoms with van der Waals surface area (Å²) < 4.78 is 41.4. The highest BCUT2D eigenvalue weighted by Gasteiger charge is 2.31. The molecule has 30 heavy (non-hydrogen) atoms. The molecule has 1 aromatic carbocycles. The number of pyridine rings is 1. The van der Waals surface area contributed by atoms with Crippen LogP contribution >= 0.6 is 0 Å². The van der Waals surface area contributed by atoms with Crippen molar-refractivity contribution in [2.45, 2.75) is 12.6 Å². The van der Waals surface area contributed by atoms with Crippen LogP contribution in [0.1, 0.15) is 37.4 Å². The molecular formula is C19H16F3N5O3. The summed E-state index contributed by atoms with van der Waals surface area (Å²) in [7, 11) is 1.65. The Morgan fingerprint density at radius 3 is 2.37 bits per heavy atom. The molecule has 8 nitrogen and oxygen atoms in total. The third-order valence-electron chi connectivity index (χ3n) is 4.42. The first-order chi connectivity index (χ1) is 14.0. The molecule has 3 rings (SSSR count). The highest BCUT2D eigenvalue weighted by atomic mass is 19.4. The van der Waals surface area contributed by atoms with E-state index in [1.54, 1.807) is 13.2 Å². The molecule has 0 radical (unpaired) electrons. The van der Waals surface area contributed by atoms with Gasteiger partial charge in [0.2, 0.25) is 0 Å². The number of nitrogens with zero attached hydrogens (tertiary/aromatic N) is 3. The zero-order valence-corrected chi connectivity index (χ0v) is 15.6. The zero-order chi connectivity index (χ0) is 22.2.